The Bertz CT molecular complexity index is 594. The van der Waals surface area contributed by atoms with Crippen LogP contribution in [-0.2, 0) is 6.54 Å². The van der Waals surface area contributed by atoms with Gasteiger partial charge in [-0.25, -0.2) is 4.98 Å². The molecule has 20 heavy (non-hydrogen) atoms. The third-order valence-corrected chi connectivity index (χ3v) is 3.01. The molecule has 1 unspecified atom stereocenters. The molecule has 0 saturated heterocycles. The summed E-state index contributed by atoms with van der Waals surface area (Å²) in [6.45, 7) is 2.26. The zero-order valence-electron chi connectivity index (χ0n) is 11.3. The Hall–Kier alpha value is -2.34. The largest absolute Gasteiger partial charge is 0.446 e. The fourth-order valence-corrected chi connectivity index (χ4v) is 1.70. The molecule has 1 amide bonds. The van der Waals surface area contributed by atoms with Crippen LogP contribution in [0.1, 0.15) is 41.3 Å². The first kappa shape index (κ1) is 14.1. The number of oxazole rings is 1. The van der Waals surface area contributed by atoms with Crippen molar-refractivity contribution in [3.8, 4) is 0 Å². The minimum atomic E-state index is -0.313. The summed E-state index contributed by atoms with van der Waals surface area (Å²) in [6.07, 6.45) is 2.01. The molecule has 0 radical (unpaired) electrons. The van der Waals surface area contributed by atoms with Gasteiger partial charge in [0.05, 0.1) is 6.04 Å². The highest BCUT2D eigenvalue weighted by molar-refractivity contribution is 5.91. The van der Waals surface area contributed by atoms with Gasteiger partial charge in [0.2, 0.25) is 5.89 Å². The second-order valence-corrected chi connectivity index (χ2v) is 4.47. The quantitative estimate of drug-likeness (QED) is 0.718. The van der Waals surface area contributed by atoms with Crippen molar-refractivity contribution < 1.29 is 9.21 Å². The number of nitrogens with two attached hydrogens (primary N) is 2. The number of nitrogen functional groups attached to an aromatic ring is 1. The summed E-state index contributed by atoms with van der Waals surface area (Å²) in [4.78, 5) is 16.0. The Morgan fingerprint density at radius 3 is 2.90 bits per heavy atom. The average molecular weight is 274 g/mol. The van der Waals surface area contributed by atoms with Crippen LogP contribution in [0.25, 0.3) is 0 Å². The van der Waals surface area contributed by atoms with Gasteiger partial charge < -0.3 is 21.2 Å². The Balaban J connectivity index is 1.99. The van der Waals surface area contributed by atoms with Gasteiger partial charge in [-0.3, -0.25) is 4.79 Å². The maximum atomic E-state index is 11.9. The number of benzene rings is 1. The maximum absolute atomic E-state index is 11.9. The molecular weight excluding hydrogens is 256 g/mol. The molecule has 0 aliphatic heterocycles. The summed E-state index contributed by atoms with van der Waals surface area (Å²) in [5.41, 5.74) is 13.3. The van der Waals surface area contributed by atoms with Crippen LogP contribution >= 0.6 is 0 Å². The molecule has 5 N–H and O–H groups in total. The van der Waals surface area contributed by atoms with Crippen LogP contribution in [0.2, 0.25) is 0 Å². The molecule has 1 aromatic carbocycles. The van der Waals surface area contributed by atoms with Gasteiger partial charge >= 0.3 is 0 Å². The van der Waals surface area contributed by atoms with E-state index in [0.717, 1.165) is 5.56 Å². The van der Waals surface area contributed by atoms with Crippen molar-refractivity contribution in [1.29, 1.82) is 0 Å². The van der Waals surface area contributed by atoms with Crippen LogP contribution in [0, 0.1) is 0 Å². The highest BCUT2D eigenvalue weighted by Gasteiger charge is 2.15. The Kier molecular flexibility index (Phi) is 4.37. The summed E-state index contributed by atoms with van der Waals surface area (Å²) in [6, 6.07) is 7.07. The number of hydrogen-bond acceptors (Lipinski definition) is 5. The number of carbonyl (C=O) groups is 1. The highest BCUT2D eigenvalue weighted by atomic mass is 16.3. The molecule has 1 aromatic heterocycles. The van der Waals surface area contributed by atoms with Crippen molar-refractivity contribution >= 4 is 11.6 Å². The molecule has 1 heterocycles. The summed E-state index contributed by atoms with van der Waals surface area (Å²) in [5.74, 6) is 0.0587. The molecule has 0 saturated carbocycles. The van der Waals surface area contributed by atoms with Gasteiger partial charge in [-0.2, -0.15) is 0 Å². The average Bonchev–Trinajstić information content (AvgIpc) is 2.95. The topological polar surface area (TPSA) is 107 Å². The molecule has 2 rings (SSSR count). The number of nitrogens with one attached hydrogen (secondary N) is 1. The Morgan fingerprint density at radius 2 is 2.20 bits per heavy atom. The van der Waals surface area contributed by atoms with Crippen LogP contribution in [0.3, 0.4) is 0 Å². The van der Waals surface area contributed by atoms with Gasteiger partial charge in [0.1, 0.15) is 6.26 Å². The van der Waals surface area contributed by atoms with E-state index in [9.17, 15) is 4.79 Å². The predicted molar refractivity (Wildman–Crippen MR) is 75.7 cm³/mol. The van der Waals surface area contributed by atoms with E-state index in [-0.39, 0.29) is 17.6 Å². The van der Waals surface area contributed by atoms with Crippen LogP contribution in [-0.4, -0.2) is 10.9 Å². The first-order chi connectivity index (χ1) is 9.61. The SMILES string of the molecule is CCC(N)c1nc(C(=O)NCc2ccccc2N)co1. The normalized spacial score (nSPS) is 12.1. The van der Waals surface area contributed by atoms with Gasteiger partial charge in [0, 0.05) is 12.2 Å². The lowest BCUT2D eigenvalue weighted by Crippen LogP contribution is -2.23. The summed E-state index contributed by atoms with van der Waals surface area (Å²) in [7, 11) is 0. The van der Waals surface area contributed by atoms with Gasteiger partial charge in [-0.1, -0.05) is 25.1 Å². The van der Waals surface area contributed by atoms with Crippen LogP contribution < -0.4 is 16.8 Å². The van der Waals surface area contributed by atoms with E-state index in [1.54, 1.807) is 6.07 Å². The van der Waals surface area contributed by atoms with Gasteiger partial charge in [0.25, 0.3) is 5.91 Å². The monoisotopic (exact) mass is 274 g/mol. The summed E-state index contributed by atoms with van der Waals surface area (Å²) >= 11 is 0. The van der Waals surface area contributed by atoms with E-state index < -0.39 is 0 Å². The highest BCUT2D eigenvalue weighted by Crippen LogP contribution is 2.13. The number of amides is 1. The summed E-state index contributed by atoms with van der Waals surface area (Å²) < 4.78 is 5.19. The van der Waals surface area contributed by atoms with Crippen LogP contribution in [0.5, 0.6) is 0 Å². The van der Waals surface area contributed by atoms with Crippen molar-refractivity contribution in [3.63, 3.8) is 0 Å². The van der Waals surface area contributed by atoms with E-state index in [4.69, 9.17) is 15.9 Å². The summed E-state index contributed by atoms with van der Waals surface area (Å²) in [5, 5.41) is 2.74. The fourth-order valence-electron chi connectivity index (χ4n) is 1.70. The smallest absolute Gasteiger partial charge is 0.273 e. The minimum Gasteiger partial charge on any atom is -0.446 e. The molecule has 2 aromatic rings. The van der Waals surface area contributed by atoms with Crippen molar-refractivity contribution in [2.24, 2.45) is 5.73 Å². The number of nitrogens with zero attached hydrogens (tertiary/aromatic N) is 1. The third kappa shape index (κ3) is 3.16. The molecule has 0 fully saturated rings. The predicted octanol–water partition coefficient (Wildman–Crippen LogP) is 1.60. The first-order valence-corrected chi connectivity index (χ1v) is 6.44. The first-order valence-electron chi connectivity index (χ1n) is 6.44. The number of rotatable bonds is 5. The number of para-hydroxylation sites is 1. The van der Waals surface area contributed by atoms with Gasteiger partial charge in [-0.05, 0) is 18.1 Å². The molecular formula is C14H18N4O2. The van der Waals surface area contributed by atoms with Crippen molar-refractivity contribution in [3.05, 3.63) is 47.7 Å². The van der Waals surface area contributed by atoms with Gasteiger partial charge in [0.15, 0.2) is 5.69 Å². The Morgan fingerprint density at radius 1 is 1.45 bits per heavy atom. The van der Waals surface area contributed by atoms with E-state index >= 15 is 0 Å². The maximum Gasteiger partial charge on any atom is 0.273 e. The molecule has 0 aliphatic rings. The molecule has 0 aliphatic carbocycles. The number of anilines is 1. The second kappa shape index (κ2) is 6.21. The van der Waals surface area contributed by atoms with E-state index in [1.165, 1.54) is 6.26 Å². The lowest BCUT2D eigenvalue weighted by Gasteiger charge is -2.06. The number of carbonyl (C=O) groups excluding carboxylic acids is 1. The van der Waals surface area contributed by atoms with E-state index in [2.05, 4.69) is 10.3 Å². The lowest BCUT2D eigenvalue weighted by atomic mass is 10.2. The zero-order valence-corrected chi connectivity index (χ0v) is 11.3. The van der Waals surface area contributed by atoms with Gasteiger partial charge in [-0.15, -0.1) is 0 Å². The molecule has 106 valence electrons. The van der Waals surface area contributed by atoms with Crippen LogP contribution in [0.4, 0.5) is 5.69 Å². The molecule has 0 bridgehead atoms. The molecule has 0 spiro atoms. The van der Waals surface area contributed by atoms with Crippen molar-refractivity contribution in [1.82, 2.24) is 10.3 Å². The van der Waals surface area contributed by atoms with Crippen LogP contribution in [0.15, 0.2) is 34.9 Å². The van der Waals surface area contributed by atoms with E-state index in [1.807, 2.05) is 25.1 Å². The lowest BCUT2D eigenvalue weighted by molar-refractivity contribution is 0.0946. The minimum absolute atomic E-state index is 0.221. The standard InChI is InChI=1S/C14H18N4O2/c1-2-10(15)14-18-12(8-20-14)13(19)17-7-9-5-3-4-6-11(9)16/h3-6,8,10H,2,7,15-16H2,1H3,(H,17,19). The number of aromatic nitrogens is 1. The molecule has 6 heteroatoms. The molecule has 6 nitrogen and oxygen atoms in total. The Labute approximate surface area is 117 Å². The van der Waals surface area contributed by atoms with E-state index in [0.29, 0.717) is 24.5 Å². The zero-order chi connectivity index (χ0) is 14.5. The van der Waals surface area contributed by atoms with Crippen molar-refractivity contribution in [2.75, 3.05) is 5.73 Å². The third-order valence-electron chi connectivity index (χ3n) is 3.01. The molecule has 1 atom stereocenters. The fraction of sp³-hybridized carbons (Fsp3) is 0.286. The van der Waals surface area contributed by atoms with Crippen molar-refractivity contribution in [2.45, 2.75) is 25.9 Å². The second-order valence-electron chi connectivity index (χ2n) is 4.47. The number of hydrogen-bond donors (Lipinski definition) is 3.